The lowest BCUT2D eigenvalue weighted by atomic mass is 9.84. The van der Waals surface area contributed by atoms with Crippen molar-refractivity contribution < 1.29 is 48.3 Å². The molecule has 14 nitrogen and oxygen atoms in total. The molecule has 0 saturated carbocycles. The van der Waals surface area contributed by atoms with Crippen LogP contribution in [0.4, 0.5) is 32.3 Å². The average molecular weight is 599 g/mol. The fraction of sp³-hybridized carbons (Fsp3) is 0.414. The Hall–Kier alpha value is -4.87. The summed E-state index contributed by atoms with van der Waals surface area (Å²) in [4.78, 5) is 74.8. The van der Waals surface area contributed by atoms with Crippen molar-refractivity contribution in [3.05, 3.63) is 47.5 Å². The topological polar surface area (TPSA) is 180 Å². The Kier molecular flexibility index (Phi) is 14.2. The summed E-state index contributed by atoms with van der Waals surface area (Å²) in [5.41, 5.74) is 2.77. The zero-order valence-corrected chi connectivity index (χ0v) is 24.5. The number of nitrogens with zero attached hydrogens (tertiary/aromatic N) is 2. The Balaban J connectivity index is 1.93. The lowest BCUT2D eigenvalue weighted by molar-refractivity contribution is -0.480. The van der Waals surface area contributed by atoms with Gasteiger partial charge >= 0.3 is 18.2 Å². The molecule has 0 aliphatic rings. The minimum absolute atomic E-state index is 0.0217. The van der Waals surface area contributed by atoms with Crippen LogP contribution in [0.25, 0.3) is 0 Å². The molecule has 14 heteroatoms. The molecule has 230 valence electrons. The van der Waals surface area contributed by atoms with Crippen molar-refractivity contribution in [2.75, 3.05) is 24.4 Å². The molecule has 0 radical (unpaired) electrons. The van der Waals surface area contributed by atoms with E-state index in [0.717, 1.165) is 5.56 Å². The molecule has 0 bridgehead atoms. The zero-order valence-electron chi connectivity index (χ0n) is 24.5. The summed E-state index contributed by atoms with van der Waals surface area (Å²) in [6.45, 7) is 6.96. The number of benzene rings is 2. The number of anilines is 2. The van der Waals surface area contributed by atoms with E-state index >= 15 is 0 Å². The predicted molar refractivity (Wildman–Crippen MR) is 153 cm³/mol. The number of amides is 2. The molecule has 0 saturated heterocycles. The van der Waals surface area contributed by atoms with Gasteiger partial charge in [-0.05, 0) is 73.5 Å². The van der Waals surface area contributed by atoms with Gasteiger partial charge in [0.25, 0.3) is 0 Å². The quantitative estimate of drug-likeness (QED) is 0.0627. The monoisotopic (exact) mass is 598 g/mol. The molecule has 0 aliphatic carbocycles. The number of hydrogen-bond acceptors (Lipinski definition) is 12. The van der Waals surface area contributed by atoms with Crippen LogP contribution in [-0.4, -0.2) is 50.1 Å². The van der Waals surface area contributed by atoms with Crippen LogP contribution in [0.5, 0.6) is 0 Å². The SMILES string of the molecule is CCC(OC(=O)Nc1cc(N=C=O)ccc1C)C(CCCOOOC(=O)Nc1cc(N=C=O)ccc1C)C(C)C(=O)OC. The summed E-state index contributed by atoms with van der Waals surface area (Å²) in [7, 11) is 1.27. The molecule has 2 rings (SSSR count). The molecule has 2 N–H and O–H groups in total. The fourth-order valence-corrected chi connectivity index (χ4v) is 4.20. The number of carbonyl (C=O) groups is 3. The Morgan fingerprint density at radius 3 is 1.98 bits per heavy atom. The van der Waals surface area contributed by atoms with Gasteiger partial charge in [0, 0.05) is 17.3 Å². The van der Waals surface area contributed by atoms with Crippen LogP contribution >= 0.6 is 0 Å². The molecular weight excluding hydrogens is 564 g/mol. The van der Waals surface area contributed by atoms with Crippen molar-refractivity contribution in [2.24, 2.45) is 21.8 Å². The molecule has 0 aromatic heterocycles. The second kappa shape index (κ2) is 17.8. The Morgan fingerprint density at radius 1 is 0.907 bits per heavy atom. The maximum absolute atomic E-state index is 12.8. The summed E-state index contributed by atoms with van der Waals surface area (Å²) in [5.74, 6) is -1.55. The molecule has 3 unspecified atom stereocenters. The molecule has 0 aliphatic heterocycles. The van der Waals surface area contributed by atoms with Gasteiger partial charge in [0.2, 0.25) is 12.2 Å². The van der Waals surface area contributed by atoms with Gasteiger partial charge in [-0.1, -0.05) is 26.0 Å². The second-order valence-electron chi connectivity index (χ2n) is 9.39. The number of rotatable bonds is 15. The van der Waals surface area contributed by atoms with E-state index in [1.54, 1.807) is 45.0 Å². The van der Waals surface area contributed by atoms with Crippen molar-refractivity contribution in [1.29, 1.82) is 0 Å². The predicted octanol–water partition coefficient (Wildman–Crippen LogP) is 5.88. The molecular formula is C29H34N4O10. The van der Waals surface area contributed by atoms with Gasteiger partial charge in [-0.25, -0.2) is 24.1 Å². The maximum atomic E-state index is 12.8. The van der Waals surface area contributed by atoms with Crippen molar-refractivity contribution in [1.82, 2.24) is 0 Å². The van der Waals surface area contributed by atoms with Gasteiger partial charge in [-0.15, -0.1) is 0 Å². The number of aliphatic imine (C=N–C) groups is 2. The van der Waals surface area contributed by atoms with Crippen LogP contribution in [0.3, 0.4) is 0 Å². The van der Waals surface area contributed by atoms with E-state index in [1.165, 1.54) is 31.4 Å². The van der Waals surface area contributed by atoms with Crippen LogP contribution in [0.15, 0.2) is 46.4 Å². The van der Waals surface area contributed by atoms with E-state index in [9.17, 15) is 24.0 Å². The second-order valence-corrected chi connectivity index (χ2v) is 9.39. The average Bonchev–Trinajstić information content (AvgIpc) is 2.98. The largest absolute Gasteiger partial charge is 0.469 e. The van der Waals surface area contributed by atoms with E-state index in [-0.39, 0.29) is 6.61 Å². The van der Waals surface area contributed by atoms with E-state index < -0.39 is 36.1 Å². The molecule has 0 spiro atoms. The smallest absolute Gasteiger partial charge is 0.446 e. The third-order valence-electron chi connectivity index (χ3n) is 6.54. The first kappa shape index (κ1) is 34.3. The minimum Gasteiger partial charge on any atom is -0.469 e. The zero-order chi connectivity index (χ0) is 31.8. The van der Waals surface area contributed by atoms with E-state index in [0.29, 0.717) is 47.6 Å². The number of esters is 1. The maximum Gasteiger partial charge on any atom is 0.446 e. The third-order valence-corrected chi connectivity index (χ3v) is 6.54. The van der Waals surface area contributed by atoms with Crippen molar-refractivity contribution in [3.63, 3.8) is 0 Å². The van der Waals surface area contributed by atoms with Crippen LogP contribution in [0.2, 0.25) is 0 Å². The molecule has 2 aromatic carbocycles. The van der Waals surface area contributed by atoms with Crippen molar-refractivity contribution in [2.45, 2.75) is 53.1 Å². The first-order valence-electron chi connectivity index (χ1n) is 13.3. The molecule has 2 aromatic rings. The Morgan fingerprint density at radius 2 is 1.47 bits per heavy atom. The minimum atomic E-state index is -0.975. The molecule has 0 heterocycles. The highest BCUT2D eigenvalue weighted by Gasteiger charge is 2.33. The number of nitrogens with one attached hydrogen (secondary N) is 2. The molecule has 2 amide bonds. The Labute approximate surface area is 248 Å². The van der Waals surface area contributed by atoms with E-state index in [2.05, 4.69) is 30.5 Å². The highest BCUT2D eigenvalue weighted by molar-refractivity contribution is 5.87. The fourth-order valence-electron chi connectivity index (χ4n) is 4.20. The first-order valence-corrected chi connectivity index (χ1v) is 13.3. The number of ether oxygens (including phenoxy) is 2. The van der Waals surface area contributed by atoms with Crippen LogP contribution < -0.4 is 10.6 Å². The van der Waals surface area contributed by atoms with Gasteiger partial charge in [-0.2, -0.15) is 14.9 Å². The number of methoxy groups -OCH3 is 1. The summed E-state index contributed by atoms with van der Waals surface area (Å²) in [5, 5.41) is 9.62. The van der Waals surface area contributed by atoms with Crippen LogP contribution in [0.1, 0.15) is 44.2 Å². The van der Waals surface area contributed by atoms with Gasteiger partial charge < -0.3 is 9.47 Å². The standard InChI is InChI=1S/C29H34N4O10/c1-6-26(41-28(37)32-24-14-21(30-16-34)11-9-18(24)2)23(20(4)27(36)39-5)8-7-13-40-43-42-29(38)33-25-15-22(31-17-35)12-10-19(25)3/h9-12,14-15,20,23,26H,6-8,13H2,1-5H3,(H,32,37)(H,33,38). The van der Waals surface area contributed by atoms with Gasteiger partial charge in [-0.3, -0.25) is 15.4 Å². The van der Waals surface area contributed by atoms with E-state index in [1.807, 2.05) is 6.92 Å². The number of hydrogen-bond donors (Lipinski definition) is 2. The van der Waals surface area contributed by atoms with Gasteiger partial charge in [0.1, 0.15) is 6.10 Å². The molecule has 0 fully saturated rings. The first-order chi connectivity index (χ1) is 20.6. The summed E-state index contributed by atoms with van der Waals surface area (Å²) in [6, 6.07) is 9.49. The number of aryl methyl sites for hydroxylation is 2. The highest BCUT2D eigenvalue weighted by Crippen LogP contribution is 2.28. The van der Waals surface area contributed by atoms with Crippen molar-refractivity contribution in [3.8, 4) is 0 Å². The Bertz CT molecular complexity index is 1370. The van der Waals surface area contributed by atoms with Crippen molar-refractivity contribution >= 4 is 53.1 Å². The summed E-state index contributed by atoms with van der Waals surface area (Å²) in [6.07, 6.45) is 1.58. The van der Waals surface area contributed by atoms with Gasteiger partial charge in [0.15, 0.2) is 0 Å². The van der Waals surface area contributed by atoms with Crippen LogP contribution in [0, 0.1) is 25.7 Å². The lowest BCUT2D eigenvalue weighted by Gasteiger charge is -2.29. The van der Waals surface area contributed by atoms with Gasteiger partial charge in [0.05, 0.1) is 31.0 Å². The third kappa shape index (κ3) is 11.1. The summed E-state index contributed by atoms with van der Waals surface area (Å²) < 4.78 is 10.6. The molecule has 3 atom stereocenters. The number of carbonyl (C=O) groups excluding carboxylic acids is 5. The normalized spacial score (nSPS) is 12.4. The van der Waals surface area contributed by atoms with Crippen LogP contribution in [-0.2, 0) is 38.7 Å². The van der Waals surface area contributed by atoms with E-state index in [4.69, 9.17) is 14.4 Å². The highest BCUT2D eigenvalue weighted by atomic mass is 17.5. The molecule has 43 heavy (non-hydrogen) atoms. The number of isocyanates is 2. The summed E-state index contributed by atoms with van der Waals surface area (Å²) >= 11 is 0. The lowest BCUT2D eigenvalue weighted by Crippen LogP contribution is -2.36.